The summed E-state index contributed by atoms with van der Waals surface area (Å²) in [4.78, 5) is 0. The van der Waals surface area contributed by atoms with Gasteiger partial charge < -0.3 is 10.1 Å². The number of methoxy groups -OCH3 is 1. The lowest BCUT2D eigenvalue weighted by molar-refractivity contribution is 0.223. The predicted octanol–water partition coefficient (Wildman–Crippen LogP) is 0.725. The minimum Gasteiger partial charge on any atom is -0.392 e. The van der Waals surface area contributed by atoms with Gasteiger partial charge in [0.2, 0.25) is 0 Å². The van der Waals surface area contributed by atoms with E-state index in [1.54, 1.807) is 20.4 Å². The van der Waals surface area contributed by atoms with Crippen LogP contribution in [0.25, 0.3) is 0 Å². The van der Waals surface area contributed by atoms with Crippen LogP contribution >= 0.6 is 0 Å². The molecule has 0 aliphatic rings. The molecule has 0 amide bonds. The molecule has 0 aliphatic heterocycles. The summed E-state index contributed by atoms with van der Waals surface area (Å²) in [5.74, 6) is 0. The van der Waals surface area contributed by atoms with Crippen LogP contribution in [0, 0.1) is 5.53 Å². The van der Waals surface area contributed by atoms with Gasteiger partial charge in [-0.2, -0.15) is 5.11 Å². The molecular formula is C5H11N3O. The van der Waals surface area contributed by atoms with Crippen LogP contribution in [0.1, 0.15) is 0 Å². The maximum absolute atomic E-state index is 6.60. The first kappa shape index (κ1) is 8.10. The highest BCUT2D eigenvalue weighted by Gasteiger charge is 1.88. The highest BCUT2D eigenvalue weighted by atomic mass is 16.5. The Morgan fingerprint density at radius 3 is 2.89 bits per heavy atom. The highest BCUT2D eigenvalue weighted by Crippen LogP contribution is 1.92. The first-order valence-electron chi connectivity index (χ1n) is 2.58. The number of nitrogens with one attached hydrogen (secondary N) is 2. The van der Waals surface area contributed by atoms with Gasteiger partial charge in [0.15, 0.2) is 0 Å². The average molecular weight is 129 g/mol. The molecule has 0 aromatic heterocycles. The van der Waals surface area contributed by atoms with Gasteiger partial charge in [-0.1, -0.05) is 0 Å². The fraction of sp³-hybridized carbons (Fsp3) is 0.600. The number of rotatable bonds is 4. The van der Waals surface area contributed by atoms with E-state index >= 15 is 0 Å². The predicted molar refractivity (Wildman–Crippen MR) is 34.2 cm³/mol. The van der Waals surface area contributed by atoms with Crippen molar-refractivity contribution in [1.29, 1.82) is 5.53 Å². The van der Waals surface area contributed by atoms with Crippen LogP contribution in [0.5, 0.6) is 0 Å². The van der Waals surface area contributed by atoms with Crippen LogP contribution in [0.4, 0.5) is 0 Å². The van der Waals surface area contributed by atoms with Gasteiger partial charge >= 0.3 is 0 Å². The van der Waals surface area contributed by atoms with Gasteiger partial charge in [0, 0.05) is 20.4 Å². The van der Waals surface area contributed by atoms with Gasteiger partial charge in [-0.3, -0.25) is 0 Å². The third-order valence-corrected chi connectivity index (χ3v) is 0.747. The van der Waals surface area contributed by atoms with Crippen LogP contribution in [0.15, 0.2) is 17.0 Å². The molecule has 52 valence electrons. The fourth-order valence-corrected chi connectivity index (χ4v) is 0.421. The second kappa shape index (κ2) is 5.24. The molecule has 4 nitrogen and oxygen atoms in total. The molecule has 0 fully saturated rings. The zero-order chi connectivity index (χ0) is 7.11. The topological polar surface area (TPSA) is 57.5 Å². The van der Waals surface area contributed by atoms with Gasteiger partial charge in [0.05, 0.1) is 6.61 Å². The molecule has 0 radical (unpaired) electrons. The molecular weight excluding hydrogens is 118 g/mol. The molecule has 2 N–H and O–H groups in total. The second-order valence-electron chi connectivity index (χ2n) is 1.47. The summed E-state index contributed by atoms with van der Waals surface area (Å²) < 4.78 is 4.73. The summed E-state index contributed by atoms with van der Waals surface area (Å²) in [5.41, 5.74) is 7.19. The Hall–Kier alpha value is -0.900. The molecule has 0 rings (SSSR count). The molecule has 0 atom stereocenters. The van der Waals surface area contributed by atoms with Gasteiger partial charge in [0.1, 0.15) is 5.70 Å². The third-order valence-electron chi connectivity index (χ3n) is 0.747. The van der Waals surface area contributed by atoms with Crippen molar-refractivity contribution in [3.8, 4) is 0 Å². The number of nitrogens with zero attached hydrogens (tertiary/aromatic N) is 1. The van der Waals surface area contributed by atoms with Crippen molar-refractivity contribution >= 4 is 0 Å². The van der Waals surface area contributed by atoms with E-state index in [4.69, 9.17) is 10.3 Å². The van der Waals surface area contributed by atoms with Crippen LogP contribution in [0.2, 0.25) is 0 Å². The van der Waals surface area contributed by atoms with Crippen LogP contribution in [0.3, 0.4) is 0 Å². The standard InChI is InChI=1S/C5H11N3O/c1-7-3-5(8-6)4-9-2/h3,6-7H,4H2,1-2H3/b5-3-,8-6?. The van der Waals surface area contributed by atoms with E-state index in [1.165, 1.54) is 0 Å². The molecule has 0 saturated carbocycles. The molecule has 4 heteroatoms. The zero-order valence-corrected chi connectivity index (χ0v) is 5.64. The lowest BCUT2D eigenvalue weighted by atomic mass is 10.5. The number of hydrogen-bond acceptors (Lipinski definition) is 4. The van der Waals surface area contributed by atoms with Crippen molar-refractivity contribution in [1.82, 2.24) is 5.32 Å². The third kappa shape index (κ3) is 3.66. The van der Waals surface area contributed by atoms with Crippen molar-refractivity contribution in [2.45, 2.75) is 0 Å². The van der Waals surface area contributed by atoms with Crippen molar-refractivity contribution < 1.29 is 4.74 Å². The van der Waals surface area contributed by atoms with Crippen molar-refractivity contribution in [2.75, 3.05) is 20.8 Å². The molecule has 0 heterocycles. The summed E-state index contributed by atoms with van der Waals surface area (Å²) in [7, 11) is 3.32. The largest absolute Gasteiger partial charge is 0.392 e. The van der Waals surface area contributed by atoms with Gasteiger partial charge in [-0.15, -0.1) is 0 Å². The lowest BCUT2D eigenvalue weighted by Crippen LogP contribution is -1.99. The van der Waals surface area contributed by atoms with Gasteiger partial charge in [-0.05, 0) is 0 Å². The van der Waals surface area contributed by atoms with E-state index < -0.39 is 0 Å². The van der Waals surface area contributed by atoms with E-state index in [2.05, 4.69) is 10.4 Å². The number of hydrogen-bond donors (Lipinski definition) is 2. The smallest absolute Gasteiger partial charge is 0.104 e. The zero-order valence-electron chi connectivity index (χ0n) is 5.64. The molecule has 0 bridgehead atoms. The first-order valence-corrected chi connectivity index (χ1v) is 2.58. The molecule has 0 aromatic rings. The highest BCUT2D eigenvalue weighted by molar-refractivity contribution is 4.96. The van der Waals surface area contributed by atoms with Crippen molar-refractivity contribution in [2.24, 2.45) is 5.11 Å². The van der Waals surface area contributed by atoms with Crippen LogP contribution in [-0.4, -0.2) is 20.8 Å². The SMILES string of the molecule is CN/C=C(/COC)N=N. The monoisotopic (exact) mass is 129 g/mol. The maximum atomic E-state index is 6.60. The quantitative estimate of drug-likeness (QED) is 0.549. The van der Waals surface area contributed by atoms with E-state index in [9.17, 15) is 0 Å². The minimum atomic E-state index is 0.379. The Balaban J connectivity index is 3.66. The average Bonchev–Trinajstić information content (AvgIpc) is 1.88. The summed E-state index contributed by atoms with van der Waals surface area (Å²) in [6.45, 7) is 0.379. The Morgan fingerprint density at radius 1 is 1.89 bits per heavy atom. The summed E-state index contributed by atoms with van der Waals surface area (Å²) in [6.07, 6.45) is 1.62. The minimum absolute atomic E-state index is 0.379. The molecule has 0 aliphatic carbocycles. The van der Waals surface area contributed by atoms with Crippen LogP contribution in [-0.2, 0) is 4.74 Å². The van der Waals surface area contributed by atoms with Crippen molar-refractivity contribution in [3.05, 3.63) is 11.9 Å². The van der Waals surface area contributed by atoms with Gasteiger partial charge in [0.25, 0.3) is 0 Å². The lowest BCUT2D eigenvalue weighted by Gasteiger charge is -1.95. The molecule has 0 spiro atoms. The molecule has 0 saturated heterocycles. The molecule has 0 aromatic carbocycles. The Morgan fingerprint density at radius 2 is 2.56 bits per heavy atom. The van der Waals surface area contributed by atoms with E-state index in [0.29, 0.717) is 12.3 Å². The van der Waals surface area contributed by atoms with E-state index in [0.717, 1.165) is 0 Å². The van der Waals surface area contributed by atoms with E-state index in [-0.39, 0.29) is 0 Å². The fourth-order valence-electron chi connectivity index (χ4n) is 0.421. The van der Waals surface area contributed by atoms with Gasteiger partial charge in [-0.25, -0.2) is 5.53 Å². The van der Waals surface area contributed by atoms with E-state index in [1.807, 2.05) is 0 Å². The van der Waals surface area contributed by atoms with Crippen molar-refractivity contribution in [3.63, 3.8) is 0 Å². The van der Waals surface area contributed by atoms with Crippen LogP contribution < -0.4 is 5.32 Å². The normalized spacial score (nSPS) is 11.1. The second-order valence-corrected chi connectivity index (χ2v) is 1.47. The summed E-state index contributed by atoms with van der Waals surface area (Å²) in [5, 5.41) is 5.94. The first-order chi connectivity index (χ1) is 4.35. The molecule has 0 unspecified atom stereocenters. The Bertz CT molecular complexity index is 111. The Kier molecular flexibility index (Phi) is 4.72. The molecule has 9 heavy (non-hydrogen) atoms. The number of ether oxygens (including phenoxy) is 1. The summed E-state index contributed by atoms with van der Waals surface area (Å²) >= 11 is 0. The maximum Gasteiger partial charge on any atom is 0.104 e. The Labute approximate surface area is 54.4 Å². The summed E-state index contributed by atoms with van der Waals surface area (Å²) in [6, 6.07) is 0.